The molecule has 0 aromatic carbocycles. The minimum atomic E-state index is -0.681. The van der Waals surface area contributed by atoms with Crippen molar-refractivity contribution in [1.82, 2.24) is 9.80 Å². The number of β-amino-alcohol motifs (C(OH)–C–C–N with tert-alkyl or cyclic N) is 2. The number of ether oxygens (including phenoxy) is 5. The van der Waals surface area contributed by atoms with Gasteiger partial charge in [-0.25, -0.2) is 0 Å². The molecule has 0 bridgehead atoms. The Balaban J connectivity index is 1.28. The standard InChI is InChI=1S/C34H64N2O7/c1-27(2)21-40-33(41-22-27)17-29(5,6)35(30(7,8)18-33)13-25(37)15-39-16-26(38)14-36-31(9,10)19-34(20-32(36,11)12)42-23-28(3,4)24-43-34/h25-26,37-38H,13-24H2,1-12H3. The van der Waals surface area contributed by atoms with Crippen molar-refractivity contribution >= 4 is 0 Å². The van der Waals surface area contributed by atoms with Crippen molar-refractivity contribution in [3.05, 3.63) is 0 Å². The quantitative estimate of drug-likeness (QED) is 0.409. The van der Waals surface area contributed by atoms with Gasteiger partial charge in [-0.05, 0) is 55.4 Å². The fraction of sp³-hybridized carbons (Fsp3) is 1.00. The monoisotopic (exact) mass is 612 g/mol. The highest BCUT2D eigenvalue weighted by molar-refractivity contribution is 5.07. The maximum Gasteiger partial charge on any atom is 0.171 e. The smallest absolute Gasteiger partial charge is 0.171 e. The van der Waals surface area contributed by atoms with Crippen molar-refractivity contribution in [2.45, 2.75) is 155 Å². The molecular formula is C34H64N2O7. The van der Waals surface area contributed by atoms with Gasteiger partial charge in [0.1, 0.15) is 0 Å². The Labute approximate surface area is 261 Å². The van der Waals surface area contributed by atoms with Crippen LogP contribution in [0.3, 0.4) is 0 Å². The largest absolute Gasteiger partial charge is 0.389 e. The summed E-state index contributed by atoms with van der Waals surface area (Å²) in [6.45, 7) is 30.3. The number of rotatable bonds is 8. The van der Waals surface area contributed by atoms with Gasteiger partial charge in [-0.1, -0.05) is 27.7 Å². The summed E-state index contributed by atoms with van der Waals surface area (Å²) in [5.41, 5.74) is -0.928. The first-order valence-corrected chi connectivity index (χ1v) is 16.5. The van der Waals surface area contributed by atoms with Crippen molar-refractivity contribution in [2.75, 3.05) is 52.7 Å². The Kier molecular flexibility index (Phi) is 9.66. The molecule has 9 nitrogen and oxygen atoms in total. The minimum Gasteiger partial charge on any atom is -0.389 e. The third-order valence-electron chi connectivity index (χ3n) is 10.0. The molecule has 0 radical (unpaired) electrons. The average molecular weight is 613 g/mol. The molecule has 252 valence electrons. The molecule has 2 unspecified atom stereocenters. The first kappa shape index (κ1) is 35.5. The Bertz CT molecular complexity index is 840. The maximum absolute atomic E-state index is 11.1. The molecule has 0 aromatic rings. The van der Waals surface area contributed by atoms with Gasteiger partial charge >= 0.3 is 0 Å². The molecule has 0 amide bonds. The molecule has 2 atom stereocenters. The van der Waals surface area contributed by atoms with E-state index < -0.39 is 23.8 Å². The van der Waals surface area contributed by atoms with E-state index in [2.05, 4.69) is 92.9 Å². The van der Waals surface area contributed by atoms with Gasteiger partial charge in [0.15, 0.2) is 11.6 Å². The van der Waals surface area contributed by atoms with Crippen molar-refractivity contribution in [2.24, 2.45) is 10.8 Å². The fourth-order valence-corrected chi connectivity index (χ4v) is 8.52. The molecule has 4 fully saturated rings. The number of aliphatic hydroxyl groups excluding tert-OH is 2. The van der Waals surface area contributed by atoms with Crippen molar-refractivity contribution in [1.29, 1.82) is 0 Å². The number of nitrogens with zero attached hydrogens (tertiary/aromatic N) is 2. The lowest BCUT2D eigenvalue weighted by atomic mass is 9.75. The summed E-state index contributed by atoms with van der Waals surface area (Å²) in [5.74, 6) is -1.18. The molecular weight excluding hydrogens is 548 g/mol. The second-order valence-electron chi connectivity index (χ2n) is 18.3. The van der Waals surface area contributed by atoms with Crippen LogP contribution in [0.2, 0.25) is 0 Å². The van der Waals surface area contributed by atoms with E-state index >= 15 is 0 Å². The predicted molar refractivity (Wildman–Crippen MR) is 168 cm³/mol. The number of hydrogen-bond donors (Lipinski definition) is 2. The summed E-state index contributed by atoms with van der Waals surface area (Å²) in [6, 6.07) is 0. The highest BCUT2D eigenvalue weighted by Crippen LogP contribution is 2.50. The van der Waals surface area contributed by atoms with Crippen LogP contribution in [-0.4, -0.2) is 119 Å². The van der Waals surface area contributed by atoms with E-state index in [1.54, 1.807) is 0 Å². The number of piperidine rings is 2. The summed E-state index contributed by atoms with van der Waals surface area (Å²) in [4.78, 5) is 4.74. The van der Waals surface area contributed by atoms with Crippen molar-refractivity contribution in [3.8, 4) is 0 Å². The van der Waals surface area contributed by atoms with Crippen LogP contribution in [0.25, 0.3) is 0 Å². The van der Waals surface area contributed by atoms with Crippen LogP contribution in [-0.2, 0) is 23.7 Å². The van der Waals surface area contributed by atoms with Crippen LogP contribution in [0.5, 0.6) is 0 Å². The molecule has 2 N–H and O–H groups in total. The van der Waals surface area contributed by atoms with Gasteiger partial charge in [0.2, 0.25) is 0 Å². The Morgan fingerprint density at radius 1 is 0.512 bits per heavy atom. The molecule has 0 aromatic heterocycles. The topological polar surface area (TPSA) is 93.1 Å². The van der Waals surface area contributed by atoms with Crippen LogP contribution < -0.4 is 0 Å². The van der Waals surface area contributed by atoms with Gasteiger partial charge in [-0.15, -0.1) is 0 Å². The van der Waals surface area contributed by atoms with Crippen LogP contribution >= 0.6 is 0 Å². The highest BCUT2D eigenvalue weighted by Gasteiger charge is 2.57. The maximum atomic E-state index is 11.1. The predicted octanol–water partition coefficient (Wildman–Crippen LogP) is 4.57. The third kappa shape index (κ3) is 8.14. The summed E-state index contributed by atoms with van der Waals surface area (Å²) >= 11 is 0. The zero-order valence-electron chi connectivity index (χ0n) is 29.5. The molecule has 9 heteroatoms. The zero-order chi connectivity index (χ0) is 32.3. The van der Waals surface area contributed by atoms with Gasteiger partial charge in [-0.2, -0.15) is 0 Å². The summed E-state index contributed by atoms with van der Waals surface area (Å²) in [7, 11) is 0. The summed E-state index contributed by atoms with van der Waals surface area (Å²) in [5, 5.41) is 22.1. The number of likely N-dealkylation sites (tertiary alicyclic amines) is 2. The van der Waals surface area contributed by atoms with Gasteiger partial charge in [-0.3, -0.25) is 9.80 Å². The molecule has 0 aliphatic carbocycles. The second kappa shape index (κ2) is 11.7. The van der Waals surface area contributed by atoms with E-state index in [1.165, 1.54) is 0 Å². The van der Waals surface area contributed by atoms with Gasteiger partial charge in [0.05, 0.1) is 51.8 Å². The Morgan fingerprint density at radius 2 is 0.767 bits per heavy atom. The molecule has 0 saturated carbocycles. The molecule has 43 heavy (non-hydrogen) atoms. The molecule has 4 saturated heterocycles. The van der Waals surface area contributed by atoms with E-state index in [1.807, 2.05) is 0 Å². The van der Waals surface area contributed by atoms with E-state index in [-0.39, 0.29) is 46.2 Å². The average Bonchev–Trinajstić information content (AvgIpc) is 2.82. The first-order chi connectivity index (χ1) is 19.4. The molecule has 4 aliphatic rings. The molecule has 2 spiro atoms. The SMILES string of the molecule is CC1(C)COC2(CC(C)(C)N(CC(O)COCC(O)CN3C(C)(C)CC4(CC3(C)C)OCC(C)(C)CO4)C(C)(C)C2)OC1. The lowest BCUT2D eigenvalue weighted by Crippen LogP contribution is -2.69. The van der Waals surface area contributed by atoms with E-state index in [0.29, 0.717) is 39.5 Å². The fourth-order valence-electron chi connectivity index (χ4n) is 8.52. The first-order valence-electron chi connectivity index (χ1n) is 16.5. The molecule has 4 aliphatic heterocycles. The number of hydrogen-bond acceptors (Lipinski definition) is 9. The van der Waals surface area contributed by atoms with E-state index in [9.17, 15) is 10.2 Å². The number of aliphatic hydroxyl groups is 2. The highest BCUT2D eigenvalue weighted by atomic mass is 16.7. The van der Waals surface area contributed by atoms with Crippen LogP contribution in [0.15, 0.2) is 0 Å². The molecule has 4 heterocycles. The zero-order valence-corrected chi connectivity index (χ0v) is 29.5. The van der Waals surface area contributed by atoms with Crippen LogP contribution in [0.1, 0.15) is 109 Å². The summed E-state index contributed by atoms with van der Waals surface area (Å²) in [6.07, 6.45) is 1.59. The van der Waals surface area contributed by atoms with Crippen LogP contribution in [0.4, 0.5) is 0 Å². The van der Waals surface area contributed by atoms with Crippen molar-refractivity contribution in [3.63, 3.8) is 0 Å². The van der Waals surface area contributed by atoms with Crippen LogP contribution in [0, 0.1) is 10.8 Å². The molecule has 4 rings (SSSR count). The van der Waals surface area contributed by atoms with E-state index in [4.69, 9.17) is 23.7 Å². The van der Waals surface area contributed by atoms with Gasteiger partial charge < -0.3 is 33.9 Å². The Hall–Kier alpha value is -0.360. The lowest BCUT2D eigenvalue weighted by Gasteiger charge is -2.60. The second-order valence-corrected chi connectivity index (χ2v) is 18.3. The normalized spacial score (nSPS) is 32.0. The van der Waals surface area contributed by atoms with Gasteiger partial charge in [0, 0.05) is 71.8 Å². The summed E-state index contributed by atoms with van der Waals surface area (Å²) < 4.78 is 31.5. The van der Waals surface area contributed by atoms with E-state index in [0.717, 1.165) is 25.7 Å². The van der Waals surface area contributed by atoms with Crippen molar-refractivity contribution < 1.29 is 33.9 Å². The third-order valence-corrected chi connectivity index (χ3v) is 10.0. The Morgan fingerprint density at radius 3 is 1.02 bits per heavy atom. The lowest BCUT2D eigenvalue weighted by molar-refractivity contribution is -0.339. The minimum absolute atomic E-state index is 0.0199. The van der Waals surface area contributed by atoms with Gasteiger partial charge in [0.25, 0.3) is 0 Å².